The molecule has 1 N–H and O–H groups in total. The maximum Gasteiger partial charge on any atom is 0.411 e. The summed E-state index contributed by atoms with van der Waals surface area (Å²) in [5, 5.41) is 3.21. The van der Waals surface area contributed by atoms with Gasteiger partial charge in [-0.1, -0.05) is 39.0 Å². The van der Waals surface area contributed by atoms with Crippen molar-refractivity contribution in [1.29, 1.82) is 0 Å². The van der Waals surface area contributed by atoms with E-state index in [1.165, 1.54) is 32.1 Å². The van der Waals surface area contributed by atoms with Crippen LogP contribution in [0.25, 0.3) is 0 Å². The molecule has 0 atom stereocenters. The summed E-state index contributed by atoms with van der Waals surface area (Å²) < 4.78 is 39.7. The molecule has 0 aliphatic rings. The zero-order chi connectivity index (χ0) is 13.7. The van der Waals surface area contributed by atoms with Gasteiger partial charge in [0.05, 0.1) is 0 Å². The van der Waals surface area contributed by atoms with Gasteiger partial charge in [0.15, 0.2) is 0 Å². The Kier molecular flexibility index (Phi) is 11.6. The van der Waals surface area contributed by atoms with Crippen molar-refractivity contribution in [1.82, 2.24) is 5.32 Å². The minimum Gasteiger partial charge on any atom is -0.372 e. The van der Waals surface area contributed by atoms with Crippen molar-refractivity contribution < 1.29 is 17.9 Å². The molecule has 0 aliphatic carbocycles. The van der Waals surface area contributed by atoms with Gasteiger partial charge in [0.25, 0.3) is 0 Å². The van der Waals surface area contributed by atoms with Gasteiger partial charge in [-0.25, -0.2) is 0 Å². The number of hydrogen-bond acceptors (Lipinski definition) is 2. The lowest BCUT2D eigenvalue weighted by Gasteiger charge is -2.08. The average molecular weight is 269 g/mol. The molecule has 18 heavy (non-hydrogen) atoms. The van der Waals surface area contributed by atoms with E-state index in [0.29, 0.717) is 6.42 Å². The third kappa shape index (κ3) is 15.7. The van der Waals surface area contributed by atoms with Crippen molar-refractivity contribution in [3.63, 3.8) is 0 Å². The average Bonchev–Trinajstić information content (AvgIpc) is 2.29. The Morgan fingerprint density at radius 3 is 2.17 bits per heavy atom. The van der Waals surface area contributed by atoms with Crippen LogP contribution in [-0.4, -0.2) is 32.5 Å². The molecule has 0 rings (SSSR count). The largest absolute Gasteiger partial charge is 0.411 e. The van der Waals surface area contributed by atoms with Gasteiger partial charge in [-0.05, 0) is 25.9 Å². The zero-order valence-corrected chi connectivity index (χ0v) is 11.3. The second kappa shape index (κ2) is 11.8. The summed E-state index contributed by atoms with van der Waals surface area (Å²) >= 11 is 0. The standard InChI is InChI=1S/C13H26F3NO/c1-2-3-4-5-6-7-9-17-10-8-11-18-12-13(14,15)16/h17H,2-12H2,1H3. The highest BCUT2D eigenvalue weighted by atomic mass is 19.4. The van der Waals surface area contributed by atoms with Gasteiger partial charge in [0.1, 0.15) is 6.61 Å². The summed E-state index contributed by atoms with van der Waals surface area (Å²) in [6, 6.07) is 0. The summed E-state index contributed by atoms with van der Waals surface area (Å²) in [5.41, 5.74) is 0. The van der Waals surface area contributed by atoms with Gasteiger partial charge in [0, 0.05) is 6.61 Å². The van der Waals surface area contributed by atoms with E-state index >= 15 is 0 Å². The van der Waals surface area contributed by atoms with E-state index in [2.05, 4.69) is 17.0 Å². The number of alkyl halides is 3. The van der Waals surface area contributed by atoms with Gasteiger partial charge >= 0.3 is 6.18 Å². The van der Waals surface area contributed by atoms with Crippen LogP contribution in [0.3, 0.4) is 0 Å². The minimum absolute atomic E-state index is 0.170. The lowest BCUT2D eigenvalue weighted by Crippen LogP contribution is -2.21. The highest BCUT2D eigenvalue weighted by Gasteiger charge is 2.26. The molecule has 0 bridgehead atoms. The second-order valence-corrected chi connectivity index (χ2v) is 4.54. The third-order valence-corrected chi connectivity index (χ3v) is 2.62. The zero-order valence-electron chi connectivity index (χ0n) is 11.3. The summed E-state index contributed by atoms with van der Waals surface area (Å²) in [6.07, 6.45) is 3.97. The van der Waals surface area contributed by atoms with E-state index < -0.39 is 12.8 Å². The van der Waals surface area contributed by atoms with Crippen molar-refractivity contribution >= 4 is 0 Å². The van der Waals surface area contributed by atoms with E-state index in [1.807, 2.05) is 0 Å². The van der Waals surface area contributed by atoms with Crippen LogP contribution >= 0.6 is 0 Å². The molecule has 0 amide bonds. The highest BCUT2D eigenvalue weighted by molar-refractivity contribution is 4.51. The molecule has 0 saturated heterocycles. The molecule has 0 unspecified atom stereocenters. The van der Waals surface area contributed by atoms with Crippen molar-refractivity contribution in [3.8, 4) is 0 Å². The van der Waals surface area contributed by atoms with E-state index in [-0.39, 0.29) is 6.61 Å². The van der Waals surface area contributed by atoms with E-state index in [9.17, 15) is 13.2 Å². The molecule has 0 aromatic rings. The van der Waals surface area contributed by atoms with Crippen LogP contribution in [0.1, 0.15) is 51.9 Å². The first-order chi connectivity index (χ1) is 8.56. The molecule has 0 radical (unpaired) electrons. The lowest BCUT2D eigenvalue weighted by molar-refractivity contribution is -0.173. The predicted molar refractivity (Wildman–Crippen MR) is 67.7 cm³/mol. The van der Waals surface area contributed by atoms with Gasteiger partial charge in [-0.2, -0.15) is 13.2 Å². The van der Waals surface area contributed by atoms with Gasteiger partial charge in [-0.3, -0.25) is 0 Å². The SMILES string of the molecule is CCCCCCCCNCCCOCC(F)(F)F. The van der Waals surface area contributed by atoms with Crippen LogP contribution in [0, 0.1) is 0 Å². The maximum atomic E-state index is 11.7. The summed E-state index contributed by atoms with van der Waals surface area (Å²) in [6.45, 7) is 2.91. The molecule has 110 valence electrons. The van der Waals surface area contributed by atoms with Crippen molar-refractivity contribution in [2.24, 2.45) is 0 Å². The van der Waals surface area contributed by atoms with Crippen LogP contribution in [0.15, 0.2) is 0 Å². The fourth-order valence-corrected chi connectivity index (χ4v) is 1.64. The van der Waals surface area contributed by atoms with Gasteiger partial charge < -0.3 is 10.1 Å². The first-order valence-electron chi connectivity index (χ1n) is 6.91. The Morgan fingerprint density at radius 2 is 1.50 bits per heavy atom. The number of hydrogen-bond donors (Lipinski definition) is 1. The number of halogens is 3. The van der Waals surface area contributed by atoms with Crippen molar-refractivity contribution in [3.05, 3.63) is 0 Å². The smallest absolute Gasteiger partial charge is 0.372 e. The van der Waals surface area contributed by atoms with Crippen molar-refractivity contribution in [2.75, 3.05) is 26.3 Å². The van der Waals surface area contributed by atoms with Crippen molar-refractivity contribution in [2.45, 2.75) is 58.0 Å². The van der Waals surface area contributed by atoms with Crippen LogP contribution in [0.2, 0.25) is 0 Å². The van der Waals surface area contributed by atoms with Crippen LogP contribution in [0.5, 0.6) is 0 Å². The molecular formula is C13H26F3NO. The molecule has 0 aromatic carbocycles. The minimum atomic E-state index is -4.20. The number of ether oxygens (including phenoxy) is 1. The normalized spacial score (nSPS) is 12.0. The summed E-state index contributed by atoms with van der Waals surface area (Å²) in [5.74, 6) is 0. The Bertz CT molecular complexity index is 174. The molecule has 5 heteroatoms. The number of unbranched alkanes of at least 4 members (excludes halogenated alkanes) is 5. The Hall–Kier alpha value is -0.290. The molecule has 0 saturated carbocycles. The van der Waals surface area contributed by atoms with Gasteiger partial charge in [0.2, 0.25) is 0 Å². The second-order valence-electron chi connectivity index (χ2n) is 4.54. The maximum absolute atomic E-state index is 11.7. The molecule has 0 aromatic heterocycles. The molecule has 0 aliphatic heterocycles. The number of nitrogens with one attached hydrogen (secondary N) is 1. The van der Waals surface area contributed by atoms with Crippen LogP contribution < -0.4 is 5.32 Å². The number of rotatable bonds is 12. The van der Waals surface area contributed by atoms with Gasteiger partial charge in [-0.15, -0.1) is 0 Å². The van der Waals surface area contributed by atoms with E-state index in [1.54, 1.807) is 0 Å². The first kappa shape index (κ1) is 17.7. The molecular weight excluding hydrogens is 243 g/mol. The summed E-state index contributed by atoms with van der Waals surface area (Å²) in [4.78, 5) is 0. The Labute approximate surface area is 108 Å². The summed E-state index contributed by atoms with van der Waals surface area (Å²) in [7, 11) is 0. The Morgan fingerprint density at radius 1 is 0.889 bits per heavy atom. The molecule has 0 fully saturated rings. The molecule has 0 spiro atoms. The monoisotopic (exact) mass is 269 g/mol. The Balaban J connectivity index is 2.99. The van der Waals surface area contributed by atoms with E-state index in [0.717, 1.165) is 19.5 Å². The fraction of sp³-hybridized carbons (Fsp3) is 1.00. The topological polar surface area (TPSA) is 21.3 Å². The first-order valence-corrected chi connectivity index (χ1v) is 6.91. The fourth-order valence-electron chi connectivity index (χ4n) is 1.64. The molecule has 0 heterocycles. The highest BCUT2D eigenvalue weighted by Crippen LogP contribution is 2.14. The molecule has 2 nitrogen and oxygen atoms in total. The predicted octanol–water partition coefficient (Wildman–Crippen LogP) is 3.91. The third-order valence-electron chi connectivity index (χ3n) is 2.62. The van der Waals surface area contributed by atoms with Crippen LogP contribution in [-0.2, 0) is 4.74 Å². The van der Waals surface area contributed by atoms with E-state index in [4.69, 9.17) is 0 Å². The quantitative estimate of drug-likeness (QED) is 0.542. The van der Waals surface area contributed by atoms with Crippen LogP contribution in [0.4, 0.5) is 13.2 Å². The lowest BCUT2D eigenvalue weighted by atomic mass is 10.1.